The summed E-state index contributed by atoms with van der Waals surface area (Å²) >= 11 is 0. The van der Waals surface area contributed by atoms with Gasteiger partial charge in [-0.2, -0.15) is 0 Å². The summed E-state index contributed by atoms with van der Waals surface area (Å²) in [6, 6.07) is 2.88. The van der Waals surface area contributed by atoms with E-state index < -0.39 is 11.6 Å². The Hall–Kier alpha value is -3.03. The summed E-state index contributed by atoms with van der Waals surface area (Å²) in [6.45, 7) is 7.99. The SMILES string of the molecule is CC(NC(=O)c1c[nH]c2ncc(Oc3ccc(F)cc3F)nc12)C(C)(C)C. The number of hydrogen-bond donors (Lipinski definition) is 2. The fourth-order valence-electron chi connectivity index (χ4n) is 2.26. The minimum atomic E-state index is -0.858. The molecule has 27 heavy (non-hydrogen) atoms. The van der Waals surface area contributed by atoms with E-state index in [2.05, 4.69) is 20.3 Å². The number of aromatic nitrogens is 3. The maximum absolute atomic E-state index is 13.8. The molecule has 3 rings (SSSR count). The van der Waals surface area contributed by atoms with Gasteiger partial charge in [0.2, 0.25) is 5.88 Å². The molecule has 142 valence electrons. The number of aromatic amines is 1. The van der Waals surface area contributed by atoms with E-state index in [4.69, 9.17) is 4.74 Å². The monoisotopic (exact) mass is 374 g/mol. The lowest BCUT2D eigenvalue weighted by Gasteiger charge is -2.27. The van der Waals surface area contributed by atoms with Crippen LogP contribution in [0.25, 0.3) is 11.2 Å². The summed E-state index contributed by atoms with van der Waals surface area (Å²) in [6.07, 6.45) is 2.80. The molecule has 1 aromatic carbocycles. The smallest absolute Gasteiger partial charge is 0.255 e. The molecule has 0 spiro atoms. The molecular formula is C19H20F2N4O2. The average molecular weight is 374 g/mol. The van der Waals surface area contributed by atoms with Crippen molar-refractivity contribution < 1.29 is 18.3 Å². The van der Waals surface area contributed by atoms with Gasteiger partial charge in [0, 0.05) is 18.3 Å². The highest BCUT2D eigenvalue weighted by molar-refractivity contribution is 6.04. The normalized spacial score (nSPS) is 12.8. The third kappa shape index (κ3) is 4.05. The Morgan fingerprint density at radius 1 is 1.30 bits per heavy atom. The van der Waals surface area contributed by atoms with Crippen LogP contribution in [0.4, 0.5) is 8.78 Å². The first-order chi connectivity index (χ1) is 12.6. The van der Waals surface area contributed by atoms with Crippen LogP contribution >= 0.6 is 0 Å². The number of amides is 1. The van der Waals surface area contributed by atoms with Crippen molar-refractivity contribution in [1.29, 1.82) is 0 Å². The quantitative estimate of drug-likeness (QED) is 0.717. The van der Waals surface area contributed by atoms with Crippen LogP contribution < -0.4 is 10.1 Å². The van der Waals surface area contributed by atoms with Gasteiger partial charge >= 0.3 is 0 Å². The van der Waals surface area contributed by atoms with Crippen LogP contribution in [0.2, 0.25) is 0 Å². The number of ether oxygens (including phenoxy) is 1. The zero-order valence-corrected chi connectivity index (χ0v) is 15.4. The van der Waals surface area contributed by atoms with Crippen molar-refractivity contribution in [3.8, 4) is 11.6 Å². The highest BCUT2D eigenvalue weighted by Gasteiger charge is 2.24. The van der Waals surface area contributed by atoms with Gasteiger partial charge in [0.05, 0.1) is 11.8 Å². The summed E-state index contributed by atoms with van der Waals surface area (Å²) in [7, 11) is 0. The van der Waals surface area contributed by atoms with E-state index in [1.807, 2.05) is 27.7 Å². The van der Waals surface area contributed by atoms with Gasteiger partial charge in [-0.3, -0.25) is 4.79 Å². The molecule has 1 atom stereocenters. The lowest BCUT2D eigenvalue weighted by atomic mass is 9.88. The molecule has 1 amide bonds. The minimum absolute atomic E-state index is 0.00877. The Balaban J connectivity index is 1.89. The summed E-state index contributed by atoms with van der Waals surface area (Å²) < 4.78 is 32.1. The number of nitrogens with zero attached hydrogens (tertiary/aromatic N) is 2. The van der Waals surface area contributed by atoms with Gasteiger partial charge in [-0.05, 0) is 24.5 Å². The van der Waals surface area contributed by atoms with Crippen LogP contribution in [0.1, 0.15) is 38.1 Å². The van der Waals surface area contributed by atoms with Gasteiger partial charge in [-0.25, -0.2) is 18.7 Å². The molecular weight excluding hydrogens is 354 g/mol. The Labute approximate surface area is 155 Å². The first-order valence-corrected chi connectivity index (χ1v) is 8.43. The van der Waals surface area contributed by atoms with E-state index in [-0.39, 0.29) is 29.0 Å². The van der Waals surface area contributed by atoms with E-state index in [9.17, 15) is 13.6 Å². The second-order valence-corrected chi connectivity index (χ2v) is 7.35. The second kappa shape index (κ2) is 6.94. The molecule has 0 saturated carbocycles. The standard InChI is InChI=1S/C19H20F2N4O2/c1-10(19(2,3)4)24-18(26)12-8-22-17-16(12)25-15(9-23-17)27-14-6-5-11(20)7-13(14)21/h5-10H,1-4H3,(H,22,23)(H,24,26). The number of carbonyl (C=O) groups is 1. The number of benzene rings is 1. The summed E-state index contributed by atoms with van der Waals surface area (Å²) in [4.78, 5) is 23.9. The molecule has 8 heteroatoms. The lowest BCUT2D eigenvalue weighted by Crippen LogP contribution is -2.41. The molecule has 2 heterocycles. The van der Waals surface area contributed by atoms with Crippen molar-refractivity contribution in [3.05, 3.63) is 47.8 Å². The van der Waals surface area contributed by atoms with Gasteiger partial charge in [-0.15, -0.1) is 0 Å². The van der Waals surface area contributed by atoms with Crippen LogP contribution in [-0.2, 0) is 0 Å². The van der Waals surface area contributed by atoms with Crippen molar-refractivity contribution in [2.75, 3.05) is 0 Å². The number of hydrogen-bond acceptors (Lipinski definition) is 4. The van der Waals surface area contributed by atoms with Crippen molar-refractivity contribution >= 4 is 17.1 Å². The summed E-state index contributed by atoms with van der Waals surface area (Å²) in [5, 5.41) is 2.93. The number of carbonyl (C=O) groups excluding carboxylic acids is 1. The van der Waals surface area contributed by atoms with Crippen LogP contribution in [0.3, 0.4) is 0 Å². The van der Waals surface area contributed by atoms with Crippen LogP contribution in [0.15, 0.2) is 30.6 Å². The van der Waals surface area contributed by atoms with Gasteiger partial charge in [0.25, 0.3) is 5.91 Å². The Kier molecular flexibility index (Phi) is 4.82. The maximum atomic E-state index is 13.8. The Morgan fingerprint density at radius 2 is 2.04 bits per heavy atom. The number of halogens is 2. The number of nitrogens with one attached hydrogen (secondary N) is 2. The van der Waals surface area contributed by atoms with Gasteiger partial charge < -0.3 is 15.0 Å². The van der Waals surface area contributed by atoms with Crippen LogP contribution in [-0.4, -0.2) is 26.9 Å². The van der Waals surface area contributed by atoms with E-state index in [1.54, 1.807) is 0 Å². The molecule has 0 radical (unpaired) electrons. The number of H-pyrrole nitrogens is 1. The molecule has 6 nitrogen and oxygen atoms in total. The maximum Gasteiger partial charge on any atom is 0.255 e. The molecule has 2 aromatic heterocycles. The first kappa shape index (κ1) is 18.8. The summed E-state index contributed by atoms with van der Waals surface area (Å²) in [5.41, 5.74) is 0.893. The molecule has 0 aliphatic rings. The molecule has 0 saturated heterocycles. The topological polar surface area (TPSA) is 79.9 Å². The molecule has 0 bridgehead atoms. The van der Waals surface area contributed by atoms with Crippen LogP contribution in [0, 0.1) is 17.0 Å². The van der Waals surface area contributed by atoms with Crippen LogP contribution in [0.5, 0.6) is 11.6 Å². The van der Waals surface area contributed by atoms with Gasteiger partial charge in [0.1, 0.15) is 11.3 Å². The van der Waals surface area contributed by atoms with E-state index in [1.165, 1.54) is 12.4 Å². The zero-order valence-electron chi connectivity index (χ0n) is 15.4. The molecule has 0 aliphatic heterocycles. The molecule has 2 N–H and O–H groups in total. The highest BCUT2D eigenvalue weighted by Crippen LogP contribution is 2.25. The fraction of sp³-hybridized carbons (Fsp3) is 0.316. The predicted molar refractivity (Wildman–Crippen MR) is 96.7 cm³/mol. The van der Waals surface area contributed by atoms with Gasteiger partial charge in [0.15, 0.2) is 17.2 Å². The highest BCUT2D eigenvalue weighted by atomic mass is 19.1. The zero-order chi connectivity index (χ0) is 19.8. The fourth-order valence-corrected chi connectivity index (χ4v) is 2.26. The number of rotatable bonds is 4. The molecule has 0 fully saturated rings. The van der Waals surface area contributed by atoms with Crippen molar-refractivity contribution in [2.24, 2.45) is 5.41 Å². The van der Waals surface area contributed by atoms with E-state index in [0.717, 1.165) is 12.1 Å². The second-order valence-electron chi connectivity index (χ2n) is 7.35. The van der Waals surface area contributed by atoms with Crippen molar-refractivity contribution in [2.45, 2.75) is 33.7 Å². The summed E-state index contributed by atoms with van der Waals surface area (Å²) in [5.74, 6) is -2.07. The third-order valence-corrected chi connectivity index (χ3v) is 4.36. The predicted octanol–water partition coefficient (Wildman–Crippen LogP) is 4.19. The lowest BCUT2D eigenvalue weighted by molar-refractivity contribution is 0.0911. The Morgan fingerprint density at radius 3 is 2.70 bits per heavy atom. The van der Waals surface area contributed by atoms with E-state index in [0.29, 0.717) is 22.8 Å². The molecule has 0 aliphatic carbocycles. The van der Waals surface area contributed by atoms with Crippen molar-refractivity contribution in [1.82, 2.24) is 20.3 Å². The first-order valence-electron chi connectivity index (χ1n) is 8.43. The average Bonchev–Trinajstić information content (AvgIpc) is 2.99. The van der Waals surface area contributed by atoms with Gasteiger partial charge in [-0.1, -0.05) is 20.8 Å². The number of fused-ring (bicyclic) bond motifs is 1. The van der Waals surface area contributed by atoms with E-state index >= 15 is 0 Å². The molecule has 1 unspecified atom stereocenters. The van der Waals surface area contributed by atoms with Crippen molar-refractivity contribution in [3.63, 3.8) is 0 Å². The third-order valence-electron chi connectivity index (χ3n) is 4.36. The Bertz CT molecular complexity index is 995. The molecule has 3 aromatic rings. The largest absolute Gasteiger partial charge is 0.434 e. The minimum Gasteiger partial charge on any atom is -0.434 e.